The number of hydrogen-bond acceptors (Lipinski definition) is 4. The summed E-state index contributed by atoms with van der Waals surface area (Å²) in [7, 11) is 0. The molecular weight excluding hydrogens is 616 g/mol. The Hall–Kier alpha value is -3.77. The second-order valence-electron chi connectivity index (χ2n) is 9.76. The SMILES string of the molecule is CC[C@H](CN(CCCOC1=CC=CC(=CC(=O)O)C1)Cc1cccc(C(F)(F)F)c1Cl)c1ccccc1.O=C(O)C(F)(F)F. The Bertz CT molecular complexity index is 1340. The number of nitrogens with zero attached hydrogens (tertiary/aromatic N) is 1. The minimum absolute atomic E-state index is 0.210. The number of allylic oxidation sites excluding steroid dienone is 4. The average molecular weight is 648 g/mol. The topological polar surface area (TPSA) is 87.1 Å². The van der Waals surface area contributed by atoms with Crippen molar-refractivity contribution in [2.75, 3.05) is 19.7 Å². The minimum Gasteiger partial charge on any atom is -0.498 e. The lowest BCUT2D eigenvalue weighted by molar-refractivity contribution is -0.192. The van der Waals surface area contributed by atoms with Crippen molar-refractivity contribution in [1.82, 2.24) is 4.90 Å². The van der Waals surface area contributed by atoms with Gasteiger partial charge in [-0.3, -0.25) is 4.90 Å². The van der Waals surface area contributed by atoms with Crippen molar-refractivity contribution in [3.8, 4) is 0 Å². The van der Waals surface area contributed by atoms with Crippen LogP contribution in [0.2, 0.25) is 5.02 Å². The number of carboxylic acids is 2. The summed E-state index contributed by atoms with van der Waals surface area (Å²) in [5.41, 5.74) is 1.44. The van der Waals surface area contributed by atoms with E-state index in [4.69, 9.17) is 31.3 Å². The summed E-state index contributed by atoms with van der Waals surface area (Å²) in [5, 5.41) is 15.8. The van der Waals surface area contributed by atoms with Crippen LogP contribution in [0.4, 0.5) is 26.3 Å². The maximum absolute atomic E-state index is 13.4. The van der Waals surface area contributed by atoms with E-state index in [-0.39, 0.29) is 17.5 Å². The third kappa shape index (κ3) is 12.5. The Labute approximate surface area is 255 Å². The molecule has 13 heteroatoms. The van der Waals surface area contributed by atoms with E-state index in [1.54, 1.807) is 18.2 Å². The number of ether oxygens (including phenoxy) is 1. The zero-order valence-corrected chi connectivity index (χ0v) is 24.4. The summed E-state index contributed by atoms with van der Waals surface area (Å²) in [5.74, 6) is -2.87. The van der Waals surface area contributed by atoms with Gasteiger partial charge >= 0.3 is 24.3 Å². The largest absolute Gasteiger partial charge is 0.498 e. The Kier molecular flexibility index (Phi) is 14.0. The summed E-state index contributed by atoms with van der Waals surface area (Å²) in [6.45, 7) is 4.03. The van der Waals surface area contributed by atoms with Crippen LogP contribution in [0.1, 0.15) is 48.8 Å². The van der Waals surface area contributed by atoms with Gasteiger partial charge in [-0.25, -0.2) is 9.59 Å². The van der Waals surface area contributed by atoms with Crippen LogP contribution in [0.5, 0.6) is 0 Å². The number of benzene rings is 2. The van der Waals surface area contributed by atoms with Gasteiger partial charge in [0.15, 0.2) is 0 Å². The molecule has 0 bridgehead atoms. The van der Waals surface area contributed by atoms with E-state index >= 15 is 0 Å². The van der Waals surface area contributed by atoms with Crippen LogP contribution < -0.4 is 0 Å². The number of hydrogen-bond donors (Lipinski definition) is 2. The van der Waals surface area contributed by atoms with Crippen LogP contribution in [0.25, 0.3) is 0 Å². The predicted octanol–water partition coefficient (Wildman–Crippen LogP) is 8.25. The van der Waals surface area contributed by atoms with Gasteiger partial charge in [-0.2, -0.15) is 26.3 Å². The maximum Gasteiger partial charge on any atom is 0.490 e. The zero-order chi connectivity index (χ0) is 32.9. The molecule has 1 atom stereocenters. The van der Waals surface area contributed by atoms with Gasteiger partial charge in [-0.15, -0.1) is 0 Å². The molecule has 0 aromatic heterocycles. The Morgan fingerprint density at radius 1 is 1.05 bits per heavy atom. The number of rotatable bonds is 12. The number of halogens is 7. The fourth-order valence-electron chi connectivity index (χ4n) is 4.35. The Morgan fingerprint density at radius 2 is 1.70 bits per heavy atom. The van der Waals surface area contributed by atoms with Crippen molar-refractivity contribution < 1.29 is 50.9 Å². The van der Waals surface area contributed by atoms with Gasteiger partial charge in [0.2, 0.25) is 0 Å². The summed E-state index contributed by atoms with van der Waals surface area (Å²) < 4.78 is 77.9. The van der Waals surface area contributed by atoms with Crippen LogP contribution in [0, 0.1) is 0 Å². The first-order valence-electron chi connectivity index (χ1n) is 13.5. The number of carboxylic acid groups (broad SMARTS) is 2. The van der Waals surface area contributed by atoms with E-state index in [1.165, 1.54) is 11.6 Å². The van der Waals surface area contributed by atoms with Gasteiger partial charge in [0.25, 0.3) is 0 Å². The molecule has 0 aliphatic heterocycles. The van der Waals surface area contributed by atoms with E-state index < -0.39 is 29.9 Å². The molecule has 3 rings (SSSR count). The summed E-state index contributed by atoms with van der Waals surface area (Å²) in [6, 6.07) is 14.1. The maximum atomic E-state index is 13.4. The van der Waals surface area contributed by atoms with Gasteiger partial charge in [-0.1, -0.05) is 73.1 Å². The fourth-order valence-corrected chi connectivity index (χ4v) is 4.64. The molecular formula is C31H32ClF6NO5. The highest BCUT2D eigenvalue weighted by Crippen LogP contribution is 2.37. The fraction of sp³-hybridized carbons (Fsp3) is 0.355. The van der Waals surface area contributed by atoms with Gasteiger partial charge in [-0.05, 0) is 47.6 Å². The quantitative estimate of drug-likeness (QED) is 0.137. The lowest BCUT2D eigenvalue weighted by Gasteiger charge is -2.28. The first-order valence-corrected chi connectivity index (χ1v) is 13.8. The standard InChI is InChI=1S/C29H31ClF3NO3.C2HF3O2/c1-2-22(23-10-4-3-5-11-23)19-34(20-24-12-7-14-26(28(24)30)29(31,32)33)15-8-16-37-25-13-6-9-21(17-25)18-27(35)36;3-2(4,5)1(6)7/h3-7,9-14,18,22H,2,8,15-17,19-20H2,1H3,(H,35,36);(H,6,7)/t22-;/m1./s1. The zero-order valence-electron chi connectivity index (χ0n) is 23.7. The third-order valence-corrected chi connectivity index (χ3v) is 6.90. The van der Waals surface area contributed by atoms with Crippen LogP contribution in [0.3, 0.4) is 0 Å². The predicted molar refractivity (Wildman–Crippen MR) is 153 cm³/mol. The van der Waals surface area contributed by atoms with E-state index in [9.17, 15) is 31.1 Å². The molecule has 1 aliphatic rings. The highest BCUT2D eigenvalue weighted by atomic mass is 35.5. The first kappa shape index (κ1) is 36.4. The van der Waals surface area contributed by atoms with Gasteiger partial charge in [0.05, 0.1) is 17.2 Å². The Balaban J connectivity index is 0.000000860. The molecule has 240 valence electrons. The third-order valence-electron chi connectivity index (χ3n) is 6.45. The molecule has 0 heterocycles. The van der Waals surface area contributed by atoms with E-state index in [2.05, 4.69) is 24.0 Å². The lowest BCUT2D eigenvalue weighted by atomic mass is 9.95. The summed E-state index contributed by atoms with van der Waals surface area (Å²) in [4.78, 5) is 21.9. The second kappa shape index (κ2) is 16.9. The summed E-state index contributed by atoms with van der Waals surface area (Å²) >= 11 is 6.21. The number of alkyl halides is 6. The molecule has 0 saturated carbocycles. The molecule has 44 heavy (non-hydrogen) atoms. The highest BCUT2D eigenvalue weighted by molar-refractivity contribution is 6.32. The molecule has 6 nitrogen and oxygen atoms in total. The van der Waals surface area contributed by atoms with Gasteiger partial charge in [0.1, 0.15) is 5.76 Å². The second-order valence-corrected chi connectivity index (χ2v) is 10.1. The molecule has 2 aromatic rings. The van der Waals surface area contributed by atoms with Crippen LogP contribution in [-0.4, -0.2) is 52.9 Å². The first-order chi connectivity index (χ1) is 20.6. The van der Waals surface area contributed by atoms with E-state index in [0.717, 1.165) is 18.6 Å². The van der Waals surface area contributed by atoms with Crippen molar-refractivity contribution >= 4 is 23.5 Å². The van der Waals surface area contributed by atoms with Crippen LogP contribution >= 0.6 is 11.6 Å². The molecule has 0 radical (unpaired) electrons. The normalized spacial score (nSPS) is 14.9. The number of carbonyl (C=O) groups is 2. The molecule has 2 N–H and O–H groups in total. The number of aliphatic carboxylic acids is 2. The highest BCUT2D eigenvalue weighted by Gasteiger charge is 2.38. The van der Waals surface area contributed by atoms with Crippen molar-refractivity contribution in [2.45, 2.75) is 51.0 Å². The molecule has 0 amide bonds. The Morgan fingerprint density at radius 3 is 2.27 bits per heavy atom. The molecule has 2 aromatic carbocycles. The minimum atomic E-state index is -5.08. The van der Waals surface area contributed by atoms with E-state index in [1.807, 2.05) is 24.3 Å². The van der Waals surface area contributed by atoms with Gasteiger partial charge < -0.3 is 14.9 Å². The van der Waals surface area contributed by atoms with Crippen LogP contribution in [0.15, 0.2) is 84.2 Å². The van der Waals surface area contributed by atoms with Crippen LogP contribution in [-0.2, 0) is 27.0 Å². The smallest absolute Gasteiger partial charge is 0.490 e. The van der Waals surface area contributed by atoms with Crippen molar-refractivity contribution in [3.05, 3.63) is 106 Å². The van der Waals surface area contributed by atoms with Crippen molar-refractivity contribution in [2.24, 2.45) is 0 Å². The van der Waals surface area contributed by atoms with E-state index in [0.29, 0.717) is 49.4 Å². The molecule has 0 fully saturated rings. The summed E-state index contributed by atoms with van der Waals surface area (Å²) in [6.07, 6.45) is -1.23. The lowest BCUT2D eigenvalue weighted by Crippen LogP contribution is -2.30. The molecule has 0 unspecified atom stereocenters. The van der Waals surface area contributed by atoms with Crippen molar-refractivity contribution in [1.29, 1.82) is 0 Å². The molecule has 0 saturated heterocycles. The molecule has 0 spiro atoms. The molecule has 1 aliphatic carbocycles. The van der Waals surface area contributed by atoms with Crippen molar-refractivity contribution in [3.63, 3.8) is 0 Å². The average Bonchev–Trinajstić information content (AvgIpc) is 2.94. The monoisotopic (exact) mass is 647 g/mol. The van der Waals surface area contributed by atoms with Gasteiger partial charge in [0, 0.05) is 32.1 Å².